The number of fused-ring (bicyclic) bond motifs is 1. The number of halogens is 3. The highest BCUT2D eigenvalue weighted by Crippen LogP contribution is 2.29. The van der Waals surface area contributed by atoms with E-state index in [1.165, 1.54) is 15.1 Å². The van der Waals surface area contributed by atoms with Crippen molar-refractivity contribution >= 4 is 17.2 Å². The Bertz CT molecular complexity index is 1390. The predicted octanol–water partition coefficient (Wildman–Crippen LogP) is 3.45. The molecule has 0 aliphatic rings. The second-order valence-electron chi connectivity index (χ2n) is 7.57. The number of hydrogen-bond donors (Lipinski definition) is 1. The predicted molar refractivity (Wildman–Crippen MR) is 113 cm³/mol. The van der Waals surface area contributed by atoms with Crippen LogP contribution in [0, 0.1) is 24.0 Å². The lowest BCUT2D eigenvalue weighted by molar-refractivity contribution is -0.386. The van der Waals surface area contributed by atoms with E-state index in [9.17, 15) is 28.1 Å². The second-order valence-corrected chi connectivity index (χ2v) is 7.57. The summed E-state index contributed by atoms with van der Waals surface area (Å²) in [5, 5.41) is 25.6. The van der Waals surface area contributed by atoms with Gasteiger partial charge >= 0.3 is 11.9 Å². The van der Waals surface area contributed by atoms with Crippen LogP contribution in [0.4, 0.5) is 18.9 Å². The number of hydrogen-bond acceptors (Lipinski definition) is 6. The van der Waals surface area contributed by atoms with Crippen molar-refractivity contribution in [1.82, 2.24) is 29.7 Å². The fourth-order valence-electron chi connectivity index (χ4n) is 3.53. The highest BCUT2D eigenvalue weighted by atomic mass is 19.4. The van der Waals surface area contributed by atoms with Crippen molar-refractivity contribution in [3.05, 3.63) is 86.6 Å². The number of nitro groups is 1. The van der Waals surface area contributed by atoms with Crippen LogP contribution in [0.3, 0.4) is 0 Å². The Morgan fingerprint density at radius 3 is 2.44 bits per heavy atom. The zero-order valence-electron chi connectivity index (χ0n) is 18.0. The van der Waals surface area contributed by atoms with E-state index in [2.05, 4.69) is 20.6 Å². The average Bonchev–Trinajstić information content (AvgIpc) is 3.31. The molecule has 13 heteroatoms. The first-order valence-electron chi connectivity index (χ1n) is 10.0. The van der Waals surface area contributed by atoms with Crippen LogP contribution in [-0.2, 0) is 19.3 Å². The Balaban J connectivity index is 1.44. The van der Waals surface area contributed by atoms with Crippen molar-refractivity contribution in [2.45, 2.75) is 33.1 Å². The molecule has 0 saturated heterocycles. The van der Waals surface area contributed by atoms with E-state index >= 15 is 0 Å². The van der Waals surface area contributed by atoms with Gasteiger partial charge in [0.25, 0.3) is 5.91 Å². The number of carbonyl (C=O) groups is 1. The number of rotatable bonds is 6. The lowest BCUT2D eigenvalue weighted by Gasteiger charge is -2.09. The first-order valence-corrected chi connectivity index (χ1v) is 10.0. The SMILES string of the molecule is Cc1nn(Cc2ccc(C(=O)NCc3nnc4ccc(C(F)(F)F)cn34)cc2)c(C)c1[N+](=O)[O-]. The summed E-state index contributed by atoms with van der Waals surface area (Å²) >= 11 is 0. The maximum Gasteiger partial charge on any atom is 0.417 e. The standard InChI is InChI=1S/C21H18F3N7O3/c1-12-19(31(33)34)13(2)30(28-12)10-14-3-5-15(6-4-14)20(32)25-9-18-27-26-17-8-7-16(11-29(17)18)21(22,23)24/h3-8,11H,9-10H2,1-2H3,(H,25,32). The molecule has 176 valence electrons. The molecule has 0 aliphatic heterocycles. The van der Waals surface area contributed by atoms with Crippen molar-refractivity contribution in [2.24, 2.45) is 0 Å². The maximum absolute atomic E-state index is 13.0. The summed E-state index contributed by atoms with van der Waals surface area (Å²) in [5.41, 5.74) is 1.20. The van der Waals surface area contributed by atoms with Gasteiger partial charge in [0.15, 0.2) is 11.5 Å². The number of benzene rings is 1. The largest absolute Gasteiger partial charge is 0.417 e. The van der Waals surface area contributed by atoms with Crippen LogP contribution < -0.4 is 5.32 Å². The molecule has 0 radical (unpaired) electrons. The minimum atomic E-state index is -4.51. The van der Waals surface area contributed by atoms with Crippen LogP contribution in [-0.4, -0.2) is 35.2 Å². The number of alkyl halides is 3. The summed E-state index contributed by atoms with van der Waals surface area (Å²) < 4.78 is 41.6. The Morgan fingerprint density at radius 1 is 1.12 bits per heavy atom. The van der Waals surface area contributed by atoms with E-state index in [1.807, 2.05) is 0 Å². The molecule has 1 N–H and O–H groups in total. The third-order valence-electron chi connectivity index (χ3n) is 5.28. The van der Waals surface area contributed by atoms with Gasteiger partial charge in [-0.1, -0.05) is 12.1 Å². The van der Waals surface area contributed by atoms with E-state index in [-0.39, 0.29) is 30.2 Å². The quantitative estimate of drug-likeness (QED) is 0.338. The molecule has 0 aliphatic carbocycles. The normalized spacial score (nSPS) is 11.7. The Hall–Kier alpha value is -4.29. The molecule has 0 unspecified atom stereocenters. The van der Waals surface area contributed by atoms with E-state index in [1.54, 1.807) is 38.1 Å². The van der Waals surface area contributed by atoms with Crippen molar-refractivity contribution < 1.29 is 22.9 Å². The van der Waals surface area contributed by atoms with Crippen LogP contribution in [0.2, 0.25) is 0 Å². The number of nitrogens with one attached hydrogen (secondary N) is 1. The van der Waals surface area contributed by atoms with Crippen LogP contribution in [0.25, 0.3) is 5.65 Å². The Labute approximate surface area is 190 Å². The Kier molecular flexibility index (Phi) is 5.77. The highest BCUT2D eigenvalue weighted by Gasteiger charge is 2.31. The van der Waals surface area contributed by atoms with Crippen LogP contribution in [0.5, 0.6) is 0 Å². The molecule has 10 nitrogen and oxygen atoms in total. The van der Waals surface area contributed by atoms with Gasteiger partial charge in [0, 0.05) is 11.8 Å². The van der Waals surface area contributed by atoms with Gasteiger partial charge in [-0.3, -0.25) is 24.0 Å². The minimum Gasteiger partial charge on any atom is -0.345 e. The van der Waals surface area contributed by atoms with Gasteiger partial charge in [0.05, 0.1) is 23.6 Å². The van der Waals surface area contributed by atoms with Gasteiger partial charge in [-0.15, -0.1) is 10.2 Å². The topological polar surface area (TPSA) is 120 Å². The summed E-state index contributed by atoms with van der Waals surface area (Å²) in [6.07, 6.45) is -3.63. The summed E-state index contributed by atoms with van der Waals surface area (Å²) in [6.45, 7) is 3.34. The minimum absolute atomic E-state index is 0.0284. The molecule has 0 bridgehead atoms. The zero-order chi connectivity index (χ0) is 24.6. The molecule has 3 heterocycles. The Morgan fingerprint density at radius 2 is 1.82 bits per heavy atom. The van der Waals surface area contributed by atoms with E-state index in [4.69, 9.17) is 0 Å². The van der Waals surface area contributed by atoms with E-state index in [0.29, 0.717) is 17.0 Å². The van der Waals surface area contributed by atoms with Gasteiger partial charge in [0.1, 0.15) is 11.4 Å². The van der Waals surface area contributed by atoms with E-state index in [0.717, 1.165) is 17.8 Å². The lowest BCUT2D eigenvalue weighted by atomic mass is 10.1. The molecule has 3 aromatic heterocycles. The number of amides is 1. The van der Waals surface area contributed by atoms with E-state index < -0.39 is 22.6 Å². The molecule has 0 spiro atoms. The molecule has 0 atom stereocenters. The van der Waals surface area contributed by atoms with Crippen LogP contribution in [0.1, 0.15) is 38.7 Å². The maximum atomic E-state index is 13.0. The van der Waals surface area contributed by atoms with Gasteiger partial charge in [-0.05, 0) is 43.7 Å². The number of aromatic nitrogens is 5. The second kappa shape index (κ2) is 8.57. The summed E-state index contributed by atoms with van der Waals surface area (Å²) in [5.74, 6) is -0.297. The summed E-state index contributed by atoms with van der Waals surface area (Å²) in [7, 11) is 0. The molecule has 0 saturated carbocycles. The fourth-order valence-corrected chi connectivity index (χ4v) is 3.53. The van der Waals surface area contributed by atoms with Gasteiger partial charge in [-0.2, -0.15) is 18.3 Å². The number of pyridine rings is 1. The van der Waals surface area contributed by atoms with Crippen LogP contribution >= 0.6 is 0 Å². The zero-order valence-corrected chi connectivity index (χ0v) is 18.0. The van der Waals surface area contributed by atoms with Gasteiger partial charge in [0.2, 0.25) is 0 Å². The molecule has 1 amide bonds. The average molecular weight is 473 g/mol. The summed E-state index contributed by atoms with van der Waals surface area (Å²) in [6, 6.07) is 8.66. The van der Waals surface area contributed by atoms with Crippen LogP contribution in [0.15, 0.2) is 42.6 Å². The van der Waals surface area contributed by atoms with Crippen molar-refractivity contribution in [1.29, 1.82) is 0 Å². The summed E-state index contributed by atoms with van der Waals surface area (Å²) in [4.78, 5) is 23.2. The fraction of sp³-hybridized carbons (Fsp3) is 0.238. The van der Waals surface area contributed by atoms with Gasteiger partial charge in [-0.25, -0.2) is 0 Å². The van der Waals surface area contributed by atoms with Crippen molar-refractivity contribution in [3.63, 3.8) is 0 Å². The number of aryl methyl sites for hydroxylation is 1. The smallest absolute Gasteiger partial charge is 0.345 e. The highest BCUT2D eigenvalue weighted by molar-refractivity contribution is 5.94. The molecular weight excluding hydrogens is 455 g/mol. The molecule has 34 heavy (non-hydrogen) atoms. The number of carbonyl (C=O) groups excluding carboxylic acids is 1. The molecule has 4 aromatic rings. The molecule has 0 fully saturated rings. The first-order chi connectivity index (χ1) is 16.0. The third-order valence-corrected chi connectivity index (χ3v) is 5.28. The molecular formula is C21H18F3N7O3. The van der Waals surface area contributed by atoms with Gasteiger partial charge < -0.3 is 5.32 Å². The first kappa shape index (κ1) is 22.9. The monoisotopic (exact) mass is 473 g/mol. The van der Waals surface area contributed by atoms with Crippen molar-refractivity contribution in [2.75, 3.05) is 0 Å². The lowest BCUT2D eigenvalue weighted by Crippen LogP contribution is -2.24. The number of nitrogens with zero attached hydrogens (tertiary/aromatic N) is 6. The molecule has 1 aromatic carbocycles. The molecule has 4 rings (SSSR count). The van der Waals surface area contributed by atoms with Crippen molar-refractivity contribution in [3.8, 4) is 0 Å². The third kappa shape index (κ3) is 4.44.